The highest BCUT2D eigenvalue weighted by atomic mass is 19.1. The molecule has 0 atom stereocenters. The number of halogens is 1. The summed E-state index contributed by atoms with van der Waals surface area (Å²) < 4.78 is 13.5. The van der Waals surface area contributed by atoms with Crippen molar-refractivity contribution >= 4 is 17.3 Å². The zero-order valence-corrected chi connectivity index (χ0v) is 9.64. The Morgan fingerprint density at radius 3 is 2.81 bits per heavy atom. The fourth-order valence-corrected chi connectivity index (χ4v) is 1.40. The molecule has 2 N–H and O–H groups in total. The number of nitrogens with one attached hydrogen (secondary N) is 2. The lowest BCUT2D eigenvalue weighted by molar-refractivity contribution is -0.116. The summed E-state index contributed by atoms with van der Waals surface area (Å²) in [6, 6.07) is 4.65. The van der Waals surface area contributed by atoms with Crippen LogP contribution in [0.1, 0.15) is 26.2 Å². The minimum atomic E-state index is -0.420. The molecule has 88 valence electrons. The van der Waals surface area contributed by atoms with Crippen molar-refractivity contribution in [2.75, 3.05) is 17.7 Å². The van der Waals surface area contributed by atoms with E-state index in [0.717, 1.165) is 12.8 Å². The van der Waals surface area contributed by atoms with Gasteiger partial charge in [0, 0.05) is 13.5 Å². The summed E-state index contributed by atoms with van der Waals surface area (Å²) in [5, 5.41) is 5.43. The maximum absolute atomic E-state index is 13.5. The second-order valence-electron chi connectivity index (χ2n) is 3.56. The molecule has 0 aliphatic carbocycles. The standard InChI is InChI=1S/C12H17FN2O/c1-3-4-8-11(16)15-12-9(13)6-5-7-10(12)14-2/h5-7,14H,3-4,8H2,1-2H3,(H,15,16). The predicted octanol–water partition coefficient (Wildman–Crippen LogP) is 3.00. The van der Waals surface area contributed by atoms with Crippen LogP contribution in [0.2, 0.25) is 0 Å². The van der Waals surface area contributed by atoms with Crippen molar-refractivity contribution in [3.63, 3.8) is 0 Å². The number of amides is 1. The van der Waals surface area contributed by atoms with Crippen LogP contribution < -0.4 is 10.6 Å². The summed E-state index contributed by atoms with van der Waals surface area (Å²) in [7, 11) is 1.69. The Bertz CT molecular complexity index is 366. The van der Waals surface area contributed by atoms with Gasteiger partial charge in [-0.1, -0.05) is 19.4 Å². The van der Waals surface area contributed by atoms with Crippen molar-refractivity contribution in [2.24, 2.45) is 0 Å². The molecule has 0 fully saturated rings. The molecule has 1 aromatic rings. The van der Waals surface area contributed by atoms with Gasteiger partial charge in [-0.3, -0.25) is 4.79 Å². The minimum Gasteiger partial charge on any atom is -0.386 e. The fraction of sp³-hybridized carbons (Fsp3) is 0.417. The van der Waals surface area contributed by atoms with Crippen LogP contribution in [-0.4, -0.2) is 13.0 Å². The van der Waals surface area contributed by atoms with E-state index in [1.807, 2.05) is 6.92 Å². The van der Waals surface area contributed by atoms with E-state index >= 15 is 0 Å². The van der Waals surface area contributed by atoms with E-state index in [2.05, 4.69) is 10.6 Å². The minimum absolute atomic E-state index is 0.150. The van der Waals surface area contributed by atoms with Crippen molar-refractivity contribution in [1.82, 2.24) is 0 Å². The van der Waals surface area contributed by atoms with Gasteiger partial charge in [0.1, 0.15) is 11.5 Å². The van der Waals surface area contributed by atoms with Crippen LogP contribution in [0.25, 0.3) is 0 Å². The average molecular weight is 224 g/mol. The van der Waals surface area contributed by atoms with Gasteiger partial charge in [0.2, 0.25) is 5.91 Å². The third-order valence-electron chi connectivity index (χ3n) is 2.30. The van der Waals surface area contributed by atoms with Gasteiger partial charge in [0.05, 0.1) is 5.69 Å². The van der Waals surface area contributed by atoms with Crippen LogP contribution in [0.4, 0.5) is 15.8 Å². The number of hydrogen-bond donors (Lipinski definition) is 2. The molecule has 0 radical (unpaired) electrons. The topological polar surface area (TPSA) is 41.1 Å². The molecule has 0 heterocycles. The largest absolute Gasteiger partial charge is 0.386 e. The highest BCUT2D eigenvalue weighted by molar-refractivity contribution is 5.94. The SMILES string of the molecule is CCCCC(=O)Nc1c(F)cccc1NC. The van der Waals surface area contributed by atoms with Crippen molar-refractivity contribution in [3.8, 4) is 0 Å². The fourth-order valence-electron chi connectivity index (χ4n) is 1.40. The molecule has 4 heteroatoms. The van der Waals surface area contributed by atoms with Crippen LogP contribution in [0.3, 0.4) is 0 Å². The molecule has 0 unspecified atom stereocenters. The van der Waals surface area contributed by atoms with Gasteiger partial charge in [-0.25, -0.2) is 4.39 Å². The van der Waals surface area contributed by atoms with Gasteiger partial charge < -0.3 is 10.6 Å². The van der Waals surface area contributed by atoms with E-state index in [-0.39, 0.29) is 11.6 Å². The number of carbonyl (C=O) groups excluding carboxylic acids is 1. The molecular formula is C12H17FN2O. The zero-order chi connectivity index (χ0) is 12.0. The number of carbonyl (C=O) groups is 1. The van der Waals surface area contributed by atoms with Crippen molar-refractivity contribution in [1.29, 1.82) is 0 Å². The molecule has 0 saturated heterocycles. The number of rotatable bonds is 5. The lowest BCUT2D eigenvalue weighted by Gasteiger charge is -2.11. The lowest BCUT2D eigenvalue weighted by Crippen LogP contribution is -2.13. The van der Waals surface area contributed by atoms with E-state index < -0.39 is 5.82 Å². The van der Waals surface area contributed by atoms with Crippen LogP contribution in [0, 0.1) is 5.82 Å². The molecule has 0 bridgehead atoms. The first-order valence-corrected chi connectivity index (χ1v) is 5.45. The smallest absolute Gasteiger partial charge is 0.224 e. The first-order chi connectivity index (χ1) is 7.69. The summed E-state index contributed by atoms with van der Waals surface area (Å²) in [5.74, 6) is -0.569. The number of benzene rings is 1. The lowest BCUT2D eigenvalue weighted by atomic mass is 10.2. The Balaban J connectivity index is 2.75. The second kappa shape index (κ2) is 6.10. The van der Waals surface area contributed by atoms with E-state index in [0.29, 0.717) is 12.1 Å². The van der Waals surface area contributed by atoms with Gasteiger partial charge in [0.15, 0.2) is 0 Å². The van der Waals surface area contributed by atoms with Crippen LogP contribution >= 0.6 is 0 Å². The van der Waals surface area contributed by atoms with Crippen LogP contribution in [-0.2, 0) is 4.79 Å². The van der Waals surface area contributed by atoms with Crippen LogP contribution in [0.5, 0.6) is 0 Å². The average Bonchev–Trinajstić information content (AvgIpc) is 2.29. The molecule has 0 saturated carbocycles. The van der Waals surface area contributed by atoms with Gasteiger partial charge in [-0.05, 0) is 18.6 Å². The zero-order valence-electron chi connectivity index (χ0n) is 9.64. The second-order valence-corrected chi connectivity index (χ2v) is 3.56. The van der Waals surface area contributed by atoms with Crippen molar-refractivity contribution in [2.45, 2.75) is 26.2 Å². The van der Waals surface area contributed by atoms with Gasteiger partial charge in [0.25, 0.3) is 0 Å². The molecule has 3 nitrogen and oxygen atoms in total. The molecule has 0 aliphatic rings. The Kier molecular flexibility index (Phi) is 4.76. The Morgan fingerprint density at radius 1 is 1.44 bits per heavy atom. The van der Waals surface area contributed by atoms with E-state index in [1.54, 1.807) is 19.2 Å². The van der Waals surface area contributed by atoms with Crippen molar-refractivity contribution in [3.05, 3.63) is 24.0 Å². The maximum atomic E-state index is 13.5. The first kappa shape index (κ1) is 12.5. The molecule has 0 aromatic heterocycles. The Hall–Kier alpha value is -1.58. The number of hydrogen-bond acceptors (Lipinski definition) is 2. The Morgan fingerprint density at radius 2 is 2.19 bits per heavy atom. The summed E-state index contributed by atoms with van der Waals surface area (Å²) in [6.45, 7) is 2.01. The summed E-state index contributed by atoms with van der Waals surface area (Å²) >= 11 is 0. The monoisotopic (exact) mass is 224 g/mol. The third-order valence-corrected chi connectivity index (χ3v) is 2.30. The third kappa shape index (κ3) is 3.22. The van der Waals surface area contributed by atoms with Gasteiger partial charge in [-0.2, -0.15) is 0 Å². The summed E-state index contributed by atoms with van der Waals surface area (Å²) in [5.41, 5.74) is 0.816. The van der Waals surface area contributed by atoms with Gasteiger partial charge in [-0.15, -0.1) is 0 Å². The van der Waals surface area contributed by atoms with E-state index in [9.17, 15) is 9.18 Å². The highest BCUT2D eigenvalue weighted by Crippen LogP contribution is 2.24. The molecule has 1 amide bonds. The molecule has 0 spiro atoms. The molecule has 0 aliphatic heterocycles. The van der Waals surface area contributed by atoms with E-state index in [4.69, 9.17) is 0 Å². The van der Waals surface area contributed by atoms with Crippen LogP contribution in [0.15, 0.2) is 18.2 Å². The molecule has 16 heavy (non-hydrogen) atoms. The molecular weight excluding hydrogens is 207 g/mol. The van der Waals surface area contributed by atoms with Gasteiger partial charge >= 0.3 is 0 Å². The van der Waals surface area contributed by atoms with E-state index in [1.165, 1.54) is 6.07 Å². The quantitative estimate of drug-likeness (QED) is 0.807. The normalized spacial score (nSPS) is 9.94. The van der Waals surface area contributed by atoms with Crippen molar-refractivity contribution < 1.29 is 9.18 Å². The molecule has 1 rings (SSSR count). The predicted molar refractivity (Wildman–Crippen MR) is 64.1 cm³/mol. The summed E-state index contributed by atoms with van der Waals surface area (Å²) in [6.07, 6.45) is 2.19. The number of unbranched alkanes of at least 4 members (excludes halogenated alkanes) is 1. The first-order valence-electron chi connectivity index (χ1n) is 5.45. The highest BCUT2D eigenvalue weighted by Gasteiger charge is 2.10. The summed E-state index contributed by atoms with van der Waals surface area (Å²) in [4.78, 5) is 11.5. The number of para-hydroxylation sites is 1. The number of anilines is 2. The Labute approximate surface area is 95.0 Å². The maximum Gasteiger partial charge on any atom is 0.224 e. The molecule has 1 aromatic carbocycles.